The predicted molar refractivity (Wildman–Crippen MR) is 78.7 cm³/mol. The number of benzene rings is 1. The molecular weight excluding hydrogens is 254 g/mol. The average Bonchev–Trinajstić information content (AvgIpc) is 2.88. The molecule has 0 fully saturated rings. The highest BCUT2D eigenvalue weighted by Crippen LogP contribution is 2.22. The van der Waals surface area contributed by atoms with Crippen LogP contribution in [0.15, 0.2) is 30.6 Å². The van der Waals surface area contributed by atoms with Crippen molar-refractivity contribution < 1.29 is 4.74 Å². The Labute approximate surface area is 119 Å². The van der Waals surface area contributed by atoms with E-state index in [1.807, 2.05) is 25.2 Å². The van der Waals surface area contributed by atoms with E-state index < -0.39 is 0 Å². The lowest BCUT2D eigenvalue weighted by atomic mass is 10.2. The molecule has 0 spiro atoms. The Hall–Kier alpha value is -2.08. The van der Waals surface area contributed by atoms with Gasteiger partial charge in [0.2, 0.25) is 0 Å². The molecule has 1 aromatic carbocycles. The summed E-state index contributed by atoms with van der Waals surface area (Å²) < 4.78 is 7.07. The number of anilines is 1. The van der Waals surface area contributed by atoms with Crippen molar-refractivity contribution in [1.82, 2.24) is 14.8 Å². The quantitative estimate of drug-likeness (QED) is 0.821. The zero-order valence-electron chi connectivity index (χ0n) is 12.0. The van der Waals surface area contributed by atoms with E-state index in [1.54, 1.807) is 18.1 Å². The fourth-order valence-corrected chi connectivity index (χ4v) is 2.02. The maximum atomic E-state index is 5.63. The molecule has 0 aliphatic heterocycles. The summed E-state index contributed by atoms with van der Waals surface area (Å²) in [5.74, 6) is 1.77. The van der Waals surface area contributed by atoms with E-state index in [9.17, 15) is 0 Å². The summed E-state index contributed by atoms with van der Waals surface area (Å²) >= 11 is 0. The maximum absolute atomic E-state index is 5.63. The number of nitrogens with two attached hydrogens (primary N) is 1. The van der Waals surface area contributed by atoms with E-state index in [1.165, 1.54) is 0 Å². The van der Waals surface area contributed by atoms with Crippen molar-refractivity contribution in [2.24, 2.45) is 12.8 Å². The van der Waals surface area contributed by atoms with Crippen molar-refractivity contribution in [3.8, 4) is 5.75 Å². The highest BCUT2D eigenvalue weighted by atomic mass is 16.5. The van der Waals surface area contributed by atoms with Crippen LogP contribution in [0.1, 0.15) is 12.2 Å². The lowest BCUT2D eigenvalue weighted by Crippen LogP contribution is -2.27. The first kappa shape index (κ1) is 14.3. The predicted octanol–water partition coefficient (Wildman–Crippen LogP) is 1.18. The van der Waals surface area contributed by atoms with Crippen LogP contribution >= 0.6 is 0 Å². The third kappa shape index (κ3) is 3.48. The average molecular weight is 275 g/mol. The Morgan fingerprint density at radius 3 is 2.90 bits per heavy atom. The van der Waals surface area contributed by atoms with E-state index in [0.717, 1.165) is 30.2 Å². The van der Waals surface area contributed by atoms with Gasteiger partial charge in [0, 0.05) is 25.3 Å². The third-order valence-corrected chi connectivity index (χ3v) is 3.19. The van der Waals surface area contributed by atoms with Crippen molar-refractivity contribution in [1.29, 1.82) is 0 Å². The smallest absolute Gasteiger partial charge is 0.146 e. The lowest BCUT2D eigenvalue weighted by Gasteiger charge is -2.24. The Morgan fingerprint density at radius 2 is 2.25 bits per heavy atom. The highest BCUT2D eigenvalue weighted by Gasteiger charge is 2.11. The molecule has 108 valence electrons. The van der Waals surface area contributed by atoms with Crippen LogP contribution in [0, 0.1) is 0 Å². The van der Waals surface area contributed by atoms with E-state index in [2.05, 4.69) is 21.0 Å². The summed E-state index contributed by atoms with van der Waals surface area (Å²) in [6.45, 7) is 2.24. The molecule has 0 aliphatic rings. The molecule has 2 rings (SSSR count). The summed E-state index contributed by atoms with van der Waals surface area (Å²) in [6.07, 6.45) is 2.50. The lowest BCUT2D eigenvalue weighted by molar-refractivity contribution is 0.414. The molecule has 0 saturated heterocycles. The number of nitrogens with zero attached hydrogens (tertiary/aromatic N) is 4. The molecule has 0 saturated carbocycles. The fraction of sp³-hybridized carbons (Fsp3) is 0.429. The molecule has 6 nitrogen and oxygen atoms in total. The monoisotopic (exact) mass is 275 g/mol. The number of aromatic nitrogens is 3. The van der Waals surface area contributed by atoms with E-state index in [0.29, 0.717) is 13.1 Å². The largest absolute Gasteiger partial charge is 0.497 e. The zero-order valence-corrected chi connectivity index (χ0v) is 12.0. The summed E-state index contributed by atoms with van der Waals surface area (Å²) in [6, 6.07) is 8.01. The van der Waals surface area contributed by atoms with E-state index in [4.69, 9.17) is 10.5 Å². The Balaban J connectivity index is 2.19. The number of aryl methyl sites for hydroxylation is 1. The van der Waals surface area contributed by atoms with Gasteiger partial charge in [-0.3, -0.25) is 4.68 Å². The van der Waals surface area contributed by atoms with Crippen molar-refractivity contribution in [2.75, 3.05) is 25.1 Å². The van der Waals surface area contributed by atoms with Crippen molar-refractivity contribution in [3.05, 3.63) is 36.4 Å². The first-order valence-corrected chi connectivity index (χ1v) is 6.66. The van der Waals surface area contributed by atoms with E-state index in [-0.39, 0.29) is 0 Å². The minimum atomic E-state index is 0.666. The topological polar surface area (TPSA) is 69.2 Å². The number of ether oxygens (including phenoxy) is 1. The molecular formula is C14H21N5O. The van der Waals surface area contributed by atoms with Crippen LogP contribution in [0.4, 0.5) is 5.69 Å². The number of rotatable bonds is 7. The number of hydrogen-bond donors (Lipinski definition) is 1. The van der Waals surface area contributed by atoms with Gasteiger partial charge in [-0.05, 0) is 25.1 Å². The van der Waals surface area contributed by atoms with Gasteiger partial charge >= 0.3 is 0 Å². The summed E-state index contributed by atoms with van der Waals surface area (Å²) in [4.78, 5) is 6.51. The molecule has 1 heterocycles. The maximum Gasteiger partial charge on any atom is 0.146 e. The van der Waals surface area contributed by atoms with Crippen LogP contribution in [0.2, 0.25) is 0 Å². The van der Waals surface area contributed by atoms with Gasteiger partial charge in [-0.25, -0.2) is 4.98 Å². The van der Waals surface area contributed by atoms with Crippen LogP contribution in [-0.2, 0) is 13.6 Å². The van der Waals surface area contributed by atoms with Crippen LogP contribution in [0.5, 0.6) is 5.75 Å². The molecule has 0 unspecified atom stereocenters. The van der Waals surface area contributed by atoms with Crippen molar-refractivity contribution >= 4 is 5.69 Å². The Bertz CT molecular complexity index is 540. The second kappa shape index (κ2) is 6.91. The molecule has 0 radical (unpaired) electrons. The zero-order chi connectivity index (χ0) is 14.4. The van der Waals surface area contributed by atoms with Gasteiger partial charge in [-0.2, -0.15) is 5.10 Å². The number of methoxy groups -OCH3 is 1. The molecule has 0 aliphatic carbocycles. The van der Waals surface area contributed by atoms with Crippen LogP contribution in [0.25, 0.3) is 0 Å². The second-order valence-corrected chi connectivity index (χ2v) is 4.57. The van der Waals surface area contributed by atoms with Gasteiger partial charge in [0.25, 0.3) is 0 Å². The van der Waals surface area contributed by atoms with Gasteiger partial charge in [0.15, 0.2) is 0 Å². The van der Waals surface area contributed by atoms with Gasteiger partial charge in [0.05, 0.1) is 13.7 Å². The van der Waals surface area contributed by atoms with E-state index >= 15 is 0 Å². The molecule has 1 aromatic heterocycles. The van der Waals surface area contributed by atoms with Gasteiger partial charge in [-0.15, -0.1) is 0 Å². The Morgan fingerprint density at radius 1 is 1.40 bits per heavy atom. The third-order valence-electron chi connectivity index (χ3n) is 3.19. The minimum Gasteiger partial charge on any atom is -0.497 e. The molecule has 0 atom stereocenters. The van der Waals surface area contributed by atoms with Crippen LogP contribution in [-0.4, -0.2) is 35.0 Å². The number of hydrogen-bond acceptors (Lipinski definition) is 5. The first-order chi connectivity index (χ1) is 9.74. The molecule has 0 amide bonds. The second-order valence-electron chi connectivity index (χ2n) is 4.57. The Kier molecular flexibility index (Phi) is 4.95. The fourth-order valence-electron chi connectivity index (χ4n) is 2.02. The van der Waals surface area contributed by atoms with Crippen LogP contribution in [0.3, 0.4) is 0 Å². The first-order valence-electron chi connectivity index (χ1n) is 6.66. The summed E-state index contributed by atoms with van der Waals surface area (Å²) in [5.41, 5.74) is 6.73. The van der Waals surface area contributed by atoms with Gasteiger partial charge in [-0.1, -0.05) is 6.07 Å². The van der Waals surface area contributed by atoms with Gasteiger partial charge < -0.3 is 15.4 Å². The molecule has 20 heavy (non-hydrogen) atoms. The van der Waals surface area contributed by atoms with Crippen molar-refractivity contribution in [2.45, 2.75) is 13.0 Å². The normalized spacial score (nSPS) is 10.6. The SMILES string of the molecule is COc1cccc(N(CCCN)Cc2ncnn2C)c1. The summed E-state index contributed by atoms with van der Waals surface area (Å²) in [7, 11) is 3.57. The minimum absolute atomic E-state index is 0.666. The van der Waals surface area contributed by atoms with Crippen LogP contribution < -0.4 is 15.4 Å². The highest BCUT2D eigenvalue weighted by molar-refractivity contribution is 5.50. The van der Waals surface area contributed by atoms with Gasteiger partial charge in [0.1, 0.15) is 17.9 Å². The molecule has 6 heteroatoms. The summed E-state index contributed by atoms with van der Waals surface area (Å²) in [5, 5.41) is 4.11. The molecule has 2 aromatic rings. The molecule has 0 bridgehead atoms. The standard InChI is InChI=1S/C14H21N5O/c1-18-14(16-11-17-18)10-19(8-4-7-15)12-5-3-6-13(9-12)20-2/h3,5-6,9,11H,4,7-8,10,15H2,1-2H3. The van der Waals surface area contributed by atoms with Crippen molar-refractivity contribution in [3.63, 3.8) is 0 Å². The molecule has 2 N–H and O–H groups in total.